The number of nitrogens with zero attached hydrogens (tertiary/aromatic N) is 4. The molecule has 4 aromatic rings. The van der Waals surface area contributed by atoms with E-state index in [1.54, 1.807) is 69.1 Å². The molecule has 0 aliphatic rings. The minimum Gasteiger partial charge on any atom is -0.493 e. The smallest absolute Gasteiger partial charge is 0.286 e. The summed E-state index contributed by atoms with van der Waals surface area (Å²) in [7, 11) is -0.853. The van der Waals surface area contributed by atoms with E-state index in [4.69, 9.17) is 9.47 Å². The van der Waals surface area contributed by atoms with Gasteiger partial charge in [0.2, 0.25) is 5.95 Å². The minimum atomic E-state index is -3.97. The zero-order valence-corrected chi connectivity index (χ0v) is 18.3. The molecule has 0 saturated heterocycles. The standard InChI is InChI=1S/C22H21N5O4S/c1-30-19-11-10-16(13-20(19)31-2)14-24-22-25-21(17-7-6-12-23-15-17)26-27(22)32(28,29)18-8-4-3-5-9-18/h3-13,15H,14H2,1-2H3,(H,24,25,26). The first-order valence-electron chi connectivity index (χ1n) is 9.66. The van der Waals surface area contributed by atoms with Gasteiger partial charge in [0.05, 0.1) is 19.1 Å². The monoisotopic (exact) mass is 451 g/mol. The Morgan fingerprint density at radius 2 is 1.75 bits per heavy atom. The number of rotatable bonds is 8. The van der Waals surface area contributed by atoms with Crippen LogP contribution in [0, 0.1) is 0 Å². The van der Waals surface area contributed by atoms with Crippen LogP contribution < -0.4 is 14.8 Å². The van der Waals surface area contributed by atoms with Crippen molar-refractivity contribution in [3.8, 4) is 22.9 Å². The van der Waals surface area contributed by atoms with Gasteiger partial charge in [-0.2, -0.15) is 13.4 Å². The summed E-state index contributed by atoms with van der Waals surface area (Å²) in [4.78, 5) is 8.60. The zero-order valence-electron chi connectivity index (χ0n) is 17.5. The number of aromatic nitrogens is 4. The zero-order chi connectivity index (χ0) is 22.6. The fourth-order valence-electron chi connectivity index (χ4n) is 3.05. The molecule has 0 fully saturated rings. The number of hydrogen-bond acceptors (Lipinski definition) is 8. The third-order valence-electron chi connectivity index (χ3n) is 4.67. The molecule has 2 aromatic carbocycles. The summed E-state index contributed by atoms with van der Waals surface area (Å²) >= 11 is 0. The molecule has 0 amide bonds. The topological polar surface area (TPSA) is 108 Å². The van der Waals surface area contributed by atoms with Crippen LogP contribution in [0.3, 0.4) is 0 Å². The average Bonchev–Trinajstić information content (AvgIpc) is 3.29. The SMILES string of the molecule is COc1ccc(CNc2nc(-c3cccnc3)nn2S(=O)(=O)c2ccccc2)cc1OC. The molecule has 0 aliphatic carbocycles. The minimum absolute atomic E-state index is 0.0856. The van der Waals surface area contributed by atoms with Gasteiger partial charge in [-0.15, -0.1) is 9.19 Å². The largest absolute Gasteiger partial charge is 0.493 e. The highest BCUT2D eigenvalue weighted by atomic mass is 32.2. The Kier molecular flexibility index (Phi) is 6.04. The molecule has 0 bridgehead atoms. The molecule has 2 heterocycles. The Bertz CT molecular complexity index is 1310. The van der Waals surface area contributed by atoms with Crippen molar-refractivity contribution in [1.82, 2.24) is 19.2 Å². The van der Waals surface area contributed by atoms with Crippen molar-refractivity contribution in [2.45, 2.75) is 11.4 Å². The lowest BCUT2D eigenvalue weighted by Crippen LogP contribution is -2.18. The fourth-order valence-corrected chi connectivity index (χ4v) is 4.27. The maximum atomic E-state index is 13.3. The van der Waals surface area contributed by atoms with Crippen LogP contribution in [-0.4, -0.2) is 41.8 Å². The van der Waals surface area contributed by atoms with Crippen LogP contribution in [0.2, 0.25) is 0 Å². The molecule has 0 aliphatic heterocycles. The first-order valence-corrected chi connectivity index (χ1v) is 11.1. The molecule has 9 nitrogen and oxygen atoms in total. The van der Waals surface area contributed by atoms with E-state index in [1.165, 1.54) is 12.1 Å². The normalized spacial score (nSPS) is 11.2. The van der Waals surface area contributed by atoms with Crippen molar-refractivity contribution >= 4 is 16.0 Å². The van der Waals surface area contributed by atoms with E-state index in [-0.39, 0.29) is 23.2 Å². The van der Waals surface area contributed by atoms with E-state index in [0.29, 0.717) is 17.1 Å². The van der Waals surface area contributed by atoms with Crippen LogP contribution >= 0.6 is 0 Å². The first kappa shape index (κ1) is 21.3. The maximum Gasteiger partial charge on any atom is 0.286 e. The van der Waals surface area contributed by atoms with Crippen molar-refractivity contribution in [1.29, 1.82) is 0 Å². The molecule has 0 unspecified atom stereocenters. The lowest BCUT2D eigenvalue weighted by Gasteiger charge is -2.11. The predicted molar refractivity (Wildman–Crippen MR) is 119 cm³/mol. The number of benzene rings is 2. The second-order valence-corrected chi connectivity index (χ2v) is 8.47. The quantitative estimate of drug-likeness (QED) is 0.435. The van der Waals surface area contributed by atoms with Gasteiger partial charge in [-0.1, -0.05) is 24.3 Å². The highest BCUT2D eigenvalue weighted by molar-refractivity contribution is 7.90. The number of methoxy groups -OCH3 is 2. The van der Waals surface area contributed by atoms with E-state index >= 15 is 0 Å². The molecule has 0 spiro atoms. The summed E-state index contributed by atoms with van der Waals surface area (Å²) in [6.45, 7) is 0.288. The molecular weight excluding hydrogens is 430 g/mol. The van der Waals surface area contributed by atoms with Crippen molar-refractivity contribution < 1.29 is 17.9 Å². The molecule has 2 aromatic heterocycles. The van der Waals surface area contributed by atoms with Crippen molar-refractivity contribution in [3.05, 3.63) is 78.6 Å². The van der Waals surface area contributed by atoms with Crippen LogP contribution in [0.1, 0.15) is 5.56 Å². The van der Waals surface area contributed by atoms with Gasteiger partial charge >= 0.3 is 0 Å². The van der Waals surface area contributed by atoms with Gasteiger partial charge in [0.1, 0.15) is 0 Å². The Balaban J connectivity index is 1.71. The number of ether oxygens (including phenoxy) is 2. The average molecular weight is 452 g/mol. The highest BCUT2D eigenvalue weighted by Crippen LogP contribution is 2.28. The Morgan fingerprint density at radius 3 is 2.44 bits per heavy atom. The molecular formula is C22H21N5O4S. The van der Waals surface area contributed by atoms with E-state index in [2.05, 4.69) is 20.4 Å². The van der Waals surface area contributed by atoms with Crippen molar-refractivity contribution in [2.24, 2.45) is 0 Å². The molecule has 4 rings (SSSR count). The summed E-state index contributed by atoms with van der Waals surface area (Å²) in [6, 6.07) is 17.0. The van der Waals surface area contributed by atoms with Gasteiger partial charge in [-0.3, -0.25) is 4.98 Å². The molecule has 0 saturated carbocycles. The number of anilines is 1. The van der Waals surface area contributed by atoms with Crippen LogP contribution in [0.15, 0.2) is 78.0 Å². The summed E-state index contributed by atoms with van der Waals surface area (Å²) in [5.41, 5.74) is 1.45. The molecule has 0 radical (unpaired) electrons. The molecule has 10 heteroatoms. The van der Waals surface area contributed by atoms with Gasteiger partial charge < -0.3 is 14.8 Å². The fraction of sp³-hybridized carbons (Fsp3) is 0.136. The van der Waals surface area contributed by atoms with Crippen LogP contribution in [0.25, 0.3) is 11.4 Å². The number of nitrogens with one attached hydrogen (secondary N) is 1. The van der Waals surface area contributed by atoms with E-state index < -0.39 is 10.0 Å². The molecule has 0 atom stereocenters. The number of hydrogen-bond donors (Lipinski definition) is 1. The van der Waals surface area contributed by atoms with Gasteiger partial charge in [0, 0.05) is 24.5 Å². The Labute approximate surface area is 185 Å². The van der Waals surface area contributed by atoms with Crippen LogP contribution in [-0.2, 0) is 16.6 Å². The summed E-state index contributed by atoms with van der Waals surface area (Å²) in [6.07, 6.45) is 3.20. The second kappa shape index (κ2) is 9.06. The van der Waals surface area contributed by atoms with Crippen LogP contribution in [0.5, 0.6) is 11.5 Å². The summed E-state index contributed by atoms with van der Waals surface area (Å²) in [5, 5.41) is 7.35. The summed E-state index contributed by atoms with van der Waals surface area (Å²) < 4.78 is 38.0. The van der Waals surface area contributed by atoms with Crippen molar-refractivity contribution in [3.63, 3.8) is 0 Å². The van der Waals surface area contributed by atoms with Gasteiger partial charge in [0.15, 0.2) is 17.3 Å². The van der Waals surface area contributed by atoms with E-state index in [1.807, 2.05) is 6.07 Å². The summed E-state index contributed by atoms with van der Waals surface area (Å²) in [5.74, 6) is 1.50. The maximum absolute atomic E-state index is 13.3. The Morgan fingerprint density at radius 1 is 0.969 bits per heavy atom. The third kappa shape index (κ3) is 4.26. The first-order chi connectivity index (χ1) is 15.5. The van der Waals surface area contributed by atoms with E-state index in [9.17, 15) is 8.42 Å². The van der Waals surface area contributed by atoms with Gasteiger partial charge in [0.25, 0.3) is 10.0 Å². The third-order valence-corrected chi connectivity index (χ3v) is 6.24. The molecule has 1 N–H and O–H groups in total. The Hall–Kier alpha value is -3.92. The highest BCUT2D eigenvalue weighted by Gasteiger charge is 2.24. The number of pyridine rings is 1. The van der Waals surface area contributed by atoms with Crippen molar-refractivity contribution in [2.75, 3.05) is 19.5 Å². The predicted octanol–water partition coefficient (Wildman–Crippen LogP) is 3.21. The van der Waals surface area contributed by atoms with Crippen LogP contribution in [0.4, 0.5) is 5.95 Å². The second-order valence-electron chi connectivity index (χ2n) is 6.70. The lowest BCUT2D eigenvalue weighted by molar-refractivity contribution is 0.354. The van der Waals surface area contributed by atoms with E-state index in [0.717, 1.165) is 9.65 Å². The molecule has 164 valence electrons. The van der Waals surface area contributed by atoms with Gasteiger partial charge in [-0.05, 0) is 42.0 Å². The van der Waals surface area contributed by atoms with Gasteiger partial charge in [-0.25, -0.2) is 0 Å². The molecule has 32 heavy (non-hydrogen) atoms. The lowest BCUT2D eigenvalue weighted by atomic mass is 10.2.